The molecule has 0 saturated carbocycles. The topological polar surface area (TPSA) is 106 Å². The Morgan fingerprint density at radius 1 is 1.13 bits per heavy atom. The molecule has 2 aromatic rings. The van der Waals surface area contributed by atoms with E-state index < -0.39 is 23.8 Å². The van der Waals surface area contributed by atoms with E-state index >= 15 is 0 Å². The SMILES string of the molecule is CN(C)C(=O)CN1CCN(C(=O)n2nnn(-c3cccc(OC(F)(F)F)c3)c2=O)CC1. The predicted molar refractivity (Wildman–Crippen MR) is 99.8 cm³/mol. The molecular formula is C17H20F3N7O4. The molecule has 1 aliphatic rings. The smallest absolute Gasteiger partial charge is 0.406 e. The Morgan fingerprint density at radius 3 is 2.42 bits per heavy atom. The number of hydrogen-bond donors (Lipinski definition) is 0. The summed E-state index contributed by atoms with van der Waals surface area (Å²) in [4.78, 5) is 41.8. The number of hydrogen-bond acceptors (Lipinski definition) is 7. The number of alkyl halides is 3. The van der Waals surface area contributed by atoms with Crippen molar-refractivity contribution in [2.45, 2.75) is 6.36 Å². The lowest BCUT2D eigenvalue weighted by Crippen LogP contribution is -2.53. The zero-order chi connectivity index (χ0) is 22.8. The molecule has 14 heteroatoms. The molecule has 0 bridgehead atoms. The summed E-state index contributed by atoms with van der Waals surface area (Å²) in [5.74, 6) is -0.600. The summed E-state index contributed by atoms with van der Waals surface area (Å²) in [6.45, 7) is 1.64. The van der Waals surface area contributed by atoms with Gasteiger partial charge in [-0.2, -0.15) is 4.68 Å². The summed E-state index contributed by atoms with van der Waals surface area (Å²) in [5, 5.41) is 7.14. The first-order valence-electron chi connectivity index (χ1n) is 9.18. The average molecular weight is 443 g/mol. The van der Waals surface area contributed by atoms with Crippen molar-refractivity contribution in [3.8, 4) is 11.4 Å². The number of carbonyl (C=O) groups excluding carboxylic acids is 2. The number of aromatic nitrogens is 4. The van der Waals surface area contributed by atoms with Gasteiger partial charge in [0.1, 0.15) is 5.75 Å². The standard InChI is InChI=1S/C17H20F3N7O4/c1-23(2)14(28)11-24-6-8-25(9-7-24)15(29)27-16(30)26(21-22-27)12-4-3-5-13(10-12)31-17(18,19)20/h3-5,10H,6-9,11H2,1-2H3. The second-order valence-electron chi connectivity index (χ2n) is 6.96. The Morgan fingerprint density at radius 2 is 1.81 bits per heavy atom. The lowest BCUT2D eigenvalue weighted by atomic mass is 10.3. The zero-order valence-corrected chi connectivity index (χ0v) is 16.7. The van der Waals surface area contributed by atoms with Crippen LogP contribution in [0.3, 0.4) is 0 Å². The third-order valence-corrected chi connectivity index (χ3v) is 4.56. The predicted octanol–water partition coefficient (Wildman–Crippen LogP) is 0.00150. The van der Waals surface area contributed by atoms with Gasteiger partial charge < -0.3 is 14.5 Å². The summed E-state index contributed by atoms with van der Waals surface area (Å²) in [5.41, 5.74) is -0.975. The third-order valence-electron chi connectivity index (χ3n) is 4.56. The first-order chi connectivity index (χ1) is 14.5. The van der Waals surface area contributed by atoms with E-state index in [1.165, 1.54) is 21.9 Å². The summed E-state index contributed by atoms with van der Waals surface area (Å²) in [7, 11) is 3.31. The molecule has 11 nitrogen and oxygen atoms in total. The van der Waals surface area contributed by atoms with Gasteiger partial charge in [-0.3, -0.25) is 9.69 Å². The van der Waals surface area contributed by atoms with Crippen molar-refractivity contribution in [3.05, 3.63) is 34.7 Å². The lowest BCUT2D eigenvalue weighted by molar-refractivity contribution is -0.274. The molecule has 1 fully saturated rings. The number of carbonyl (C=O) groups is 2. The van der Waals surface area contributed by atoms with Gasteiger partial charge in [0.15, 0.2) is 0 Å². The molecule has 0 atom stereocenters. The van der Waals surface area contributed by atoms with Gasteiger partial charge in [0.05, 0.1) is 12.2 Å². The molecule has 168 valence electrons. The molecule has 0 aliphatic carbocycles. The van der Waals surface area contributed by atoms with Crippen LogP contribution in [0.2, 0.25) is 0 Å². The van der Waals surface area contributed by atoms with Crippen LogP contribution in [0.5, 0.6) is 5.75 Å². The van der Waals surface area contributed by atoms with Crippen molar-refractivity contribution in [2.24, 2.45) is 0 Å². The number of rotatable bonds is 4. The van der Waals surface area contributed by atoms with Gasteiger partial charge >= 0.3 is 18.1 Å². The van der Waals surface area contributed by atoms with Gasteiger partial charge in [0, 0.05) is 46.3 Å². The number of likely N-dealkylation sites (N-methyl/N-ethyl adjacent to an activating group) is 1. The first kappa shape index (κ1) is 22.3. The van der Waals surface area contributed by atoms with Crippen LogP contribution in [0.4, 0.5) is 18.0 Å². The van der Waals surface area contributed by atoms with Crippen LogP contribution in [0.25, 0.3) is 5.69 Å². The average Bonchev–Trinajstić information content (AvgIpc) is 3.08. The van der Waals surface area contributed by atoms with Gasteiger partial charge in [-0.05, 0) is 22.6 Å². The molecule has 31 heavy (non-hydrogen) atoms. The second-order valence-corrected chi connectivity index (χ2v) is 6.96. The van der Waals surface area contributed by atoms with Crippen LogP contribution in [0, 0.1) is 0 Å². The first-order valence-corrected chi connectivity index (χ1v) is 9.18. The molecule has 2 heterocycles. The van der Waals surface area contributed by atoms with Crippen molar-refractivity contribution in [1.29, 1.82) is 0 Å². The normalized spacial score (nSPS) is 15.1. The van der Waals surface area contributed by atoms with Gasteiger partial charge in [0.25, 0.3) is 0 Å². The van der Waals surface area contributed by atoms with E-state index in [9.17, 15) is 27.6 Å². The fourth-order valence-electron chi connectivity index (χ4n) is 2.90. The highest BCUT2D eigenvalue weighted by molar-refractivity contribution is 5.78. The molecule has 0 N–H and O–H groups in total. The molecule has 1 saturated heterocycles. The lowest BCUT2D eigenvalue weighted by Gasteiger charge is -2.34. The third kappa shape index (κ3) is 5.39. The zero-order valence-electron chi connectivity index (χ0n) is 16.7. The summed E-state index contributed by atoms with van der Waals surface area (Å²) < 4.78 is 42.3. The number of piperazine rings is 1. The Hall–Kier alpha value is -3.42. The molecule has 0 unspecified atom stereocenters. The molecule has 0 spiro atoms. The monoisotopic (exact) mass is 443 g/mol. The van der Waals surface area contributed by atoms with Crippen LogP contribution in [-0.2, 0) is 4.79 Å². The Kier molecular flexibility index (Phi) is 6.29. The summed E-state index contributed by atoms with van der Waals surface area (Å²) in [6, 6.07) is 3.89. The molecule has 1 aromatic heterocycles. The quantitative estimate of drug-likeness (QED) is 0.613. The van der Waals surface area contributed by atoms with Crippen molar-refractivity contribution in [2.75, 3.05) is 46.8 Å². The molecular weight excluding hydrogens is 423 g/mol. The maximum absolute atomic E-state index is 12.7. The summed E-state index contributed by atoms with van der Waals surface area (Å²) >= 11 is 0. The van der Waals surface area contributed by atoms with E-state index in [1.54, 1.807) is 14.1 Å². The van der Waals surface area contributed by atoms with Gasteiger partial charge in [-0.25, -0.2) is 9.59 Å². The molecule has 0 radical (unpaired) electrons. The minimum absolute atomic E-state index is 0.0437. The maximum Gasteiger partial charge on any atom is 0.573 e. The molecule has 1 aliphatic heterocycles. The number of ether oxygens (including phenoxy) is 1. The van der Waals surface area contributed by atoms with E-state index in [-0.39, 0.29) is 31.2 Å². The van der Waals surface area contributed by atoms with E-state index in [0.29, 0.717) is 22.5 Å². The van der Waals surface area contributed by atoms with Crippen molar-refractivity contribution < 1.29 is 27.5 Å². The van der Waals surface area contributed by atoms with E-state index in [1.807, 2.05) is 4.90 Å². The number of amides is 2. The highest BCUT2D eigenvalue weighted by atomic mass is 19.4. The van der Waals surface area contributed by atoms with Crippen molar-refractivity contribution in [1.82, 2.24) is 34.5 Å². The summed E-state index contributed by atoms with van der Waals surface area (Å²) in [6.07, 6.45) is -4.89. The number of halogens is 3. The van der Waals surface area contributed by atoms with Crippen molar-refractivity contribution in [3.63, 3.8) is 0 Å². The Balaban J connectivity index is 1.70. The molecule has 2 amide bonds. The largest absolute Gasteiger partial charge is 0.573 e. The van der Waals surface area contributed by atoms with E-state index in [4.69, 9.17) is 0 Å². The van der Waals surface area contributed by atoms with Gasteiger partial charge in [-0.1, -0.05) is 6.07 Å². The molecule has 1 aromatic carbocycles. The van der Waals surface area contributed by atoms with Crippen LogP contribution in [0.15, 0.2) is 29.1 Å². The van der Waals surface area contributed by atoms with Crippen molar-refractivity contribution >= 4 is 11.9 Å². The fraction of sp³-hybridized carbons (Fsp3) is 0.471. The van der Waals surface area contributed by atoms with E-state index in [2.05, 4.69) is 15.2 Å². The molecule has 3 rings (SSSR count). The maximum atomic E-state index is 12.7. The van der Waals surface area contributed by atoms with Crippen LogP contribution in [-0.4, -0.2) is 99.6 Å². The Labute approximate surface area is 174 Å². The number of nitrogens with zero attached hydrogens (tertiary/aromatic N) is 7. The van der Waals surface area contributed by atoms with Crippen LogP contribution in [0.1, 0.15) is 0 Å². The minimum atomic E-state index is -4.89. The fourth-order valence-corrected chi connectivity index (χ4v) is 2.90. The highest BCUT2D eigenvalue weighted by Crippen LogP contribution is 2.23. The van der Waals surface area contributed by atoms with Crippen LogP contribution >= 0.6 is 0 Å². The van der Waals surface area contributed by atoms with Gasteiger partial charge in [0.2, 0.25) is 5.91 Å². The van der Waals surface area contributed by atoms with Crippen LogP contribution < -0.4 is 10.4 Å². The highest BCUT2D eigenvalue weighted by Gasteiger charge is 2.31. The van der Waals surface area contributed by atoms with E-state index in [0.717, 1.165) is 12.1 Å². The number of tetrazole rings is 1. The minimum Gasteiger partial charge on any atom is -0.406 e. The van der Waals surface area contributed by atoms with Gasteiger partial charge in [-0.15, -0.1) is 17.9 Å². The second kappa shape index (κ2) is 8.75. The Bertz CT molecular complexity index is 1010. The number of benzene rings is 1.